The minimum atomic E-state index is -1.05. The van der Waals surface area contributed by atoms with Crippen LogP contribution >= 0.6 is 23.1 Å². The normalized spacial score (nSPS) is 12.3. The number of thiophene rings is 1. The van der Waals surface area contributed by atoms with Gasteiger partial charge in [-0.05, 0) is 53.6 Å². The van der Waals surface area contributed by atoms with Gasteiger partial charge in [0.05, 0.1) is 12.3 Å². The summed E-state index contributed by atoms with van der Waals surface area (Å²) in [5.74, 6) is -1.23. The number of hydrogen-bond donors (Lipinski definition) is 4. The van der Waals surface area contributed by atoms with Gasteiger partial charge in [0.25, 0.3) is 5.91 Å². The molecule has 0 aliphatic rings. The average molecular weight is 611 g/mol. The van der Waals surface area contributed by atoms with Gasteiger partial charge in [0.2, 0.25) is 11.8 Å². The molecule has 0 unspecified atom stereocenters. The SMILES string of the molecule is CNC(=O)[C@H](Cc1ccccc1)NC(=O)N(O)C(=O)[C@H](CCC(C)C)CSc1ccc(NC(=O)Cc2cccs2)cc1. The summed E-state index contributed by atoms with van der Waals surface area (Å²) < 4.78 is 0. The van der Waals surface area contributed by atoms with Crippen molar-refractivity contribution < 1.29 is 24.4 Å². The summed E-state index contributed by atoms with van der Waals surface area (Å²) in [6.45, 7) is 4.09. The van der Waals surface area contributed by atoms with Gasteiger partial charge in [0.15, 0.2) is 0 Å². The number of anilines is 1. The highest BCUT2D eigenvalue weighted by Gasteiger charge is 2.31. The highest BCUT2D eigenvalue weighted by Crippen LogP contribution is 2.26. The van der Waals surface area contributed by atoms with E-state index in [1.807, 2.05) is 73.8 Å². The number of imide groups is 1. The largest absolute Gasteiger partial charge is 0.357 e. The van der Waals surface area contributed by atoms with Crippen molar-refractivity contribution in [1.82, 2.24) is 15.7 Å². The zero-order valence-corrected chi connectivity index (χ0v) is 25.7. The van der Waals surface area contributed by atoms with E-state index in [4.69, 9.17) is 0 Å². The fourth-order valence-corrected chi connectivity index (χ4v) is 5.87. The molecule has 0 radical (unpaired) electrons. The van der Waals surface area contributed by atoms with Crippen molar-refractivity contribution in [2.24, 2.45) is 11.8 Å². The number of hydrogen-bond acceptors (Lipinski definition) is 7. The molecule has 3 rings (SSSR count). The summed E-state index contributed by atoms with van der Waals surface area (Å²) in [5, 5.41) is 20.5. The number of carbonyl (C=O) groups excluding carboxylic acids is 4. The van der Waals surface area contributed by atoms with Crippen molar-refractivity contribution in [1.29, 1.82) is 0 Å². The third kappa shape index (κ3) is 10.6. The van der Waals surface area contributed by atoms with E-state index in [1.54, 1.807) is 12.1 Å². The summed E-state index contributed by atoms with van der Waals surface area (Å²) in [6.07, 6.45) is 1.73. The van der Waals surface area contributed by atoms with Crippen LogP contribution in [0.5, 0.6) is 0 Å². The van der Waals surface area contributed by atoms with E-state index in [2.05, 4.69) is 16.0 Å². The minimum absolute atomic E-state index is 0.0959. The van der Waals surface area contributed by atoms with Gasteiger partial charge in [-0.15, -0.1) is 28.2 Å². The third-order valence-corrected chi connectivity index (χ3v) is 8.54. The Morgan fingerprint density at radius 3 is 2.29 bits per heavy atom. The van der Waals surface area contributed by atoms with Gasteiger partial charge >= 0.3 is 6.03 Å². The van der Waals surface area contributed by atoms with Crippen molar-refractivity contribution >= 4 is 52.5 Å². The second-order valence-corrected chi connectivity index (χ2v) is 12.4. The van der Waals surface area contributed by atoms with Crippen LogP contribution in [0.3, 0.4) is 0 Å². The second-order valence-electron chi connectivity index (χ2n) is 10.3. The molecule has 0 spiro atoms. The summed E-state index contributed by atoms with van der Waals surface area (Å²) in [4.78, 5) is 52.7. The molecule has 1 heterocycles. The molecule has 0 fully saturated rings. The molecular formula is C31H38N4O5S2. The monoisotopic (exact) mass is 610 g/mol. The minimum Gasteiger partial charge on any atom is -0.357 e. The van der Waals surface area contributed by atoms with Gasteiger partial charge in [-0.3, -0.25) is 19.6 Å². The molecule has 5 amide bonds. The summed E-state index contributed by atoms with van der Waals surface area (Å²) in [7, 11) is 1.46. The van der Waals surface area contributed by atoms with Crippen LogP contribution in [-0.4, -0.2) is 52.9 Å². The molecule has 9 nitrogen and oxygen atoms in total. The van der Waals surface area contributed by atoms with E-state index in [9.17, 15) is 24.4 Å². The van der Waals surface area contributed by atoms with Crippen molar-refractivity contribution in [3.05, 3.63) is 82.6 Å². The molecule has 2 aromatic carbocycles. The molecule has 0 saturated heterocycles. The maximum absolute atomic E-state index is 13.3. The zero-order chi connectivity index (χ0) is 30.5. The van der Waals surface area contributed by atoms with E-state index in [0.29, 0.717) is 30.2 Å². The first-order chi connectivity index (χ1) is 20.2. The molecule has 0 aliphatic heterocycles. The Labute approximate surface area is 255 Å². The maximum atomic E-state index is 13.3. The Morgan fingerprint density at radius 2 is 1.67 bits per heavy atom. The Balaban J connectivity index is 1.60. The van der Waals surface area contributed by atoms with Crippen molar-refractivity contribution in [2.75, 3.05) is 18.1 Å². The van der Waals surface area contributed by atoms with Crippen LogP contribution in [0.25, 0.3) is 0 Å². The van der Waals surface area contributed by atoms with Crippen molar-refractivity contribution in [2.45, 2.75) is 50.5 Å². The molecule has 3 aromatic rings. The first-order valence-corrected chi connectivity index (χ1v) is 15.7. The molecular weight excluding hydrogens is 572 g/mol. The summed E-state index contributed by atoms with van der Waals surface area (Å²) >= 11 is 2.96. The number of nitrogens with zero attached hydrogens (tertiary/aromatic N) is 1. The first-order valence-electron chi connectivity index (χ1n) is 13.8. The van der Waals surface area contributed by atoms with Crippen LogP contribution in [0.2, 0.25) is 0 Å². The van der Waals surface area contributed by atoms with Gasteiger partial charge in [-0.1, -0.05) is 56.7 Å². The summed E-state index contributed by atoms with van der Waals surface area (Å²) in [6, 6.07) is 18.3. The molecule has 224 valence electrons. The third-order valence-electron chi connectivity index (χ3n) is 6.49. The number of thioether (sulfide) groups is 1. The molecule has 0 aliphatic carbocycles. The van der Waals surface area contributed by atoms with Crippen LogP contribution < -0.4 is 16.0 Å². The predicted molar refractivity (Wildman–Crippen MR) is 167 cm³/mol. The lowest BCUT2D eigenvalue weighted by Crippen LogP contribution is -2.53. The lowest BCUT2D eigenvalue weighted by molar-refractivity contribution is -0.157. The van der Waals surface area contributed by atoms with Crippen LogP contribution in [0.4, 0.5) is 10.5 Å². The molecule has 0 saturated carbocycles. The highest BCUT2D eigenvalue weighted by atomic mass is 32.2. The van der Waals surface area contributed by atoms with Crippen LogP contribution in [0, 0.1) is 11.8 Å². The van der Waals surface area contributed by atoms with Crippen molar-refractivity contribution in [3.8, 4) is 0 Å². The molecule has 1 aromatic heterocycles. The number of urea groups is 1. The summed E-state index contributed by atoms with van der Waals surface area (Å²) in [5.41, 5.74) is 1.49. The second kappa shape index (κ2) is 16.7. The molecule has 11 heteroatoms. The Morgan fingerprint density at radius 1 is 0.952 bits per heavy atom. The van der Waals surface area contributed by atoms with Crippen LogP contribution in [0.15, 0.2) is 77.0 Å². The number of hydroxylamine groups is 2. The van der Waals surface area contributed by atoms with E-state index in [0.717, 1.165) is 21.8 Å². The number of carbonyl (C=O) groups is 4. The molecule has 0 bridgehead atoms. The number of likely N-dealkylation sites (N-methyl/N-ethyl adjacent to an activating group) is 1. The van der Waals surface area contributed by atoms with Gasteiger partial charge in [-0.25, -0.2) is 4.79 Å². The average Bonchev–Trinajstić information content (AvgIpc) is 3.49. The number of benzene rings is 2. The Hall–Kier alpha value is -3.67. The lowest BCUT2D eigenvalue weighted by Gasteiger charge is -2.24. The van der Waals surface area contributed by atoms with Crippen molar-refractivity contribution in [3.63, 3.8) is 0 Å². The topological polar surface area (TPSA) is 128 Å². The van der Waals surface area contributed by atoms with Crippen LogP contribution in [0.1, 0.15) is 37.1 Å². The fourth-order valence-electron chi connectivity index (χ4n) is 4.14. The van der Waals surface area contributed by atoms with Crippen LogP contribution in [-0.2, 0) is 27.2 Å². The number of amides is 5. The number of nitrogens with one attached hydrogen (secondary N) is 3. The predicted octanol–water partition coefficient (Wildman–Crippen LogP) is 5.36. The fraction of sp³-hybridized carbons (Fsp3) is 0.355. The van der Waals surface area contributed by atoms with Gasteiger partial charge in [0, 0.05) is 34.7 Å². The zero-order valence-electron chi connectivity index (χ0n) is 24.0. The van der Waals surface area contributed by atoms with E-state index >= 15 is 0 Å². The van der Waals surface area contributed by atoms with E-state index < -0.39 is 29.8 Å². The van der Waals surface area contributed by atoms with Gasteiger partial charge < -0.3 is 16.0 Å². The number of rotatable bonds is 14. The Bertz CT molecular complexity index is 1300. The van der Waals surface area contributed by atoms with E-state index in [-0.39, 0.29) is 17.4 Å². The van der Waals surface area contributed by atoms with Gasteiger partial charge in [-0.2, -0.15) is 0 Å². The quantitative estimate of drug-likeness (QED) is 0.111. The van der Waals surface area contributed by atoms with E-state index in [1.165, 1.54) is 30.1 Å². The standard InChI is InChI=1S/C31H38N4O5S2/c1-21(2)11-12-23(20-42-25-15-13-24(14-16-25)33-28(36)19-26-10-7-17-41-26)30(38)35(40)31(39)34-27(29(37)32-3)18-22-8-5-4-6-9-22/h4-10,13-17,21,23,27,40H,11-12,18-20H2,1-3H3,(H,32,37)(H,33,36)(H,34,39)/t23-,27+/m1/s1. The molecule has 2 atom stereocenters. The molecule has 42 heavy (non-hydrogen) atoms. The highest BCUT2D eigenvalue weighted by molar-refractivity contribution is 7.99. The first kappa shape index (κ1) is 32.8. The smallest absolute Gasteiger partial charge is 0.349 e. The lowest BCUT2D eigenvalue weighted by atomic mass is 9.98. The Kier molecular flexibility index (Phi) is 13.1. The maximum Gasteiger partial charge on any atom is 0.349 e. The van der Waals surface area contributed by atoms with Gasteiger partial charge in [0.1, 0.15) is 6.04 Å². The molecule has 4 N–H and O–H groups in total.